The number of nitrogens with zero attached hydrogens (tertiary/aromatic N) is 1. The van der Waals surface area contributed by atoms with Crippen molar-refractivity contribution in [2.45, 2.75) is 4.90 Å². The Hall–Kier alpha value is -1.25. The van der Waals surface area contributed by atoms with Crippen molar-refractivity contribution in [2.24, 2.45) is 0 Å². The van der Waals surface area contributed by atoms with Gasteiger partial charge in [0.15, 0.2) is 0 Å². The number of halogens is 4. The van der Waals surface area contributed by atoms with Gasteiger partial charge in [-0.1, -0.05) is 11.6 Å². The zero-order valence-corrected chi connectivity index (χ0v) is 12.7. The van der Waals surface area contributed by atoms with Crippen molar-refractivity contribution >= 4 is 43.2 Å². The normalized spacial score (nSPS) is 11.4. The molecule has 1 aromatic heterocycles. The fourth-order valence-electron chi connectivity index (χ4n) is 1.43. The van der Waals surface area contributed by atoms with Gasteiger partial charge in [0, 0.05) is 16.7 Å². The molecule has 0 aliphatic rings. The second-order valence-corrected chi connectivity index (χ2v) is 6.54. The van der Waals surface area contributed by atoms with Crippen molar-refractivity contribution in [2.75, 3.05) is 4.72 Å². The van der Waals surface area contributed by atoms with Crippen LogP contribution in [0.4, 0.5) is 14.5 Å². The number of pyridine rings is 1. The highest BCUT2D eigenvalue weighted by Gasteiger charge is 2.24. The van der Waals surface area contributed by atoms with E-state index in [9.17, 15) is 17.2 Å². The molecule has 2 rings (SSSR count). The van der Waals surface area contributed by atoms with Crippen LogP contribution in [0.2, 0.25) is 5.02 Å². The molecule has 4 nitrogen and oxygen atoms in total. The van der Waals surface area contributed by atoms with Gasteiger partial charge in [0.1, 0.15) is 16.5 Å². The van der Waals surface area contributed by atoms with E-state index in [4.69, 9.17) is 11.6 Å². The highest BCUT2D eigenvalue weighted by Crippen LogP contribution is 2.29. The molecule has 0 saturated heterocycles. The summed E-state index contributed by atoms with van der Waals surface area (Å²) in [6, 6.07) is 2.70. The second kappa shape index (κ2) is 5.63. The standard InChI is InChI=1S/C11H6BrClF2N2O2S/c12-7-3-6(14)4-9(15)11(7)20(18,19)17-10-5-16-2-1-8(10)13/h1-5,17H. The van der Waals surface area contributed by atoms with Crippen LogP contribution < -0.4 is 4.72 Å². The third-order valence-electron chi connectivity index (χ3n) is 2.24. The van der Waals surface area contributed by atoms with Crippen LogP contribution in [0.15, 0.2) is 40.0 Å². The van der Waals surface area contributed by atoms with Crippen LogP contribution in [0.3, 0.4) is 0 Å². The second-order valence-electron chi connectivity index (χ2n) is 3.66. The Morgan fingerprint density at radius 2 is 2.00 bits per heavy atom. The van der Waals surface area contributed by atoms with E-state index < -0.39 is 26.6 Å². The van der Waals surface area contributed by atoms with Gasteiger partial charge in [-0.15, -0.1) is 0 Å². The minimum Gasteiger partial charge on any atom is -0.276 e. The predicted octanol–water partition coefficient (Wildman–Crippen LogP) is 3.58. The zero-order valence-electron chi connectivity index (χ0n) is 9.57. The molecule has 1 N–H and O–H groups in total. The van der Waals surface area contributed by atoms with E-state index in [1.807, 2.05) is 0 Å². The van der Waals surface area contributed by atoms with E-state index in [-0.39, 0.29) is 15.2 Å². The lowest BCUT2D eigenvalue weighted by Crippen LogP contribution is -2.16. The monoisotopic (exact) mass is 382 g/mol. The average molecular weight is 384 g/mol. The number of aromatic nitrogens is 1. The van der Waals surface area contributed by atoms with Crippen LogP contribution in [0.1, 0.15) is 0 Å². The zero-order chi connectivity index (χ0) is 14.9. The van der Waals surface area contributed by atoms with Gasteiger partial charge < -0.3 is 0 Å². The molecule has 0 amide bonds. The SMILES string of the molecule is O=S(=O)(Nc1cnccc1Cl)c1c(F)cc(F)cc1Br. The maximum absolute atomic E-state index is 13.7. The molecule has 0 atom stereocenters. The molecule has 0 aliphatic heterocycles. The number of sulfonamides is 1. The van der Waals surface area contributed by atoms with E-state index in [0.29, 0.717) is 6.07 Å². The van der Waals surface area contributed by atoms with Crippen molar-refractivity contribution in [1.82, 2.24) is 4.98 Å². The topological polar surface area (TPSA) is 59.1 Å². The number of hydrogen-bond acceptors (Lipinski definition) is 3. The molecule has 9 heteroatoms. The molecule has 0 aliphatic carbocycles. The van der Waals surface area contributed by atoms with Gasteiger partial charge in [-0.2, -0.15) is 0 Å². The summed E-state index contributed by atoms with van der Waals surface area (Å²) in [6.07, 6.45) is 2.55. The molecule has 20 heavy (non-hydrogen) atoms. The Bertz CT molecular complexity index is 748. The Morgan fingerprint density at radius 1 is 1.30 bits per heavy atom. The molecular weight excluding hydrogens is 378 g/mol. The van der Waals surface area contributed by atoms with Crippen LogP contribution in [-0.4, -0.2) is 13.4 Å². The number of anilines is 1. The van der Waals surface area contributed by atoms with E-state index in [1.54, 1.807) is 0 Å². The highest BCUT2D eigenvalue weighted by molar-refractivity contribution is 9.10. The lowest BCUT2D eigenvalue weighted by Gasteiger charge is -2.11. The van der Waals surface area contributed by atoms with Gasteiger partial charge in [-0.05, 0) is 28.1 Å². The molecule has 0 radical (unpaired) electrons. The number of hydrogen-bond donors (Lipinski definition) is 1. The first-order valence-corrected chi connectivity index (χ1v) is 7.73. The number of benzene rings is 1. The summed E-state index contributed by atoms with van der Waals surface area (Å²) < 4.78 is 52.7. The Balaban J connectivity index is 2.50. The van der Waals surface area contributed by atoms with E-state index in [0.717, 1.165) is 6.07 Å². The minimum atomic E-state index is -4.28. The minimum absolute atomic E-state index is 0.00945. The molecule has 0 spiro atoms. The molecule has 0 bridgehead atoms. The van der Waals surface area contributed by atoms with Gasteiger partial charge in [0.05, 0.1) is 16.9 Å². The number of rotatable bonds is 3. The van der Waals surface area contributed by atoms with Crippen LogP contribution in [-0.2, 0) is 10.0 Å². The van der Waals surface area contributed by atoms with E-state index in [1.165, 1.54) is 18.5 Å². The molecule has 0 unspecified atom stereocenters. The summed E-state index contributed by atoms with van der Waals surface area (Å²) in [7, 11) is -4.28. The molecule has 1 heterocycles. The Labute approximate surface area is 127 Å². The van der Waals surface area contributed by atoms with Crippen molar-refractivity contribution in [1.29, 1.82) is 0 Å². The lowest BCUT2D eigenvalue weighted by atomic mass is 10.3. The van der Waals surface area contributed by atoms with Gasteiger partial charge in [-0.3, -0.25) is 9.71 Å². The van der Waals surface area contributed by atoms with E-state index >= 15 is 0 Å². The van der Waals surface area contributed by atoms with Crippen LogP contribution in [0.5, 0.6) is 0 Å². The number of nitrogens with one attached hydrogen (secondary N) is 1. The summed E-state index contributed by atoms with van der Waals surface area (Å²) >= 11 is 8.61. The van der Waals surface area contributed by atoms with Crippen molar-refractivity contribution in [3.8, 4) is 0 Å². The van der Waals surface area contributed by atoms with E-state index in [2.05, 4.69) is 25.6 Å². The van der Waals surface area contributed by atoms with Crippen LogP contribution >= 0.6 is 27.5 Å². The third-order valence-corrected chi connectivity index (χ3v) is 4.90. The summed E-state index contributed by atoms with van der Waals surface area (Å²) in [4.78, 5) is 3.00. The van der Waals surface area contributed by atoms with Crippen molar-refractivity contribution in [3.05, 3.63) is 51.7 Å². The first-order valence-electron chi connectivity index (χ1n) is 5.08. The van der Waals surface area contributed by atoms with Gasteiger partial charge in [-0.25, -0.2) is 17.2 Å². The van der Waals surface area contributed by atoms with Crippen molar-refractivity contribution in [3.63, 3.8) is 0 Å². The van der Waals surface area contributed by atoms with Gasteiger partial charge in [0.2, 0.25) is 0 Å². The molecule has 2 aromatic rings. The first kappa shape index (κ1) is 15.1. The largest absolute Gasteiger partial charge is 0.276 e. The predicted molar refractivity (Wildman–Crippen MR) is 74.1 cm³/mol. The fourth-order valence-corrected chi connectivity index (χ4v) is 3.88. The molecule has 1 aromatic carbocycles. The Morgan fingerprint density at radius 3 is 2.60 bits per heavy atom. The van der Waals surface area contributed by atoms with Gasteiger partial charge >= 0.3 is 0 Å². The fraction of sp³-hybridized carbons (Fsp3) is 0. The molecular formula is C11H6BrClF2N2O2S. The maximum atomic E-state index is 13.7. The quantitative estimate of drug-likeness (QED) is 0.881. The first-order chi connectivity index (χ1) is 9.31. The van der Waals surface area contributed by atoms with Crippen molar-refractivity contribution < 1.29 is 17.2 Å². The highest BCUT2D eigenvalue weighted by atomic mass is 79.9. The lowest BCUT2D eigenvalue weighted by molar-refractivity contribution is 0.548. The maximum Gasteiger partial charge on any atom is 0.266 e. The summed E-state index contributed by atoms with van der Waals surface area (Å²) in [6.45, 7) is 0. The average Bonchev–Trinajstić information content (AvgIpc) is 2.30. The van der Waals surface area contributed by atoms with Crippen LogP contribution in [0.25, 0.3) is 0 Å². The summed E-state index contributed by atoms with van der Waals surface area (Å²) in [5.41, 5.74) is -0.00945. The smallest absolute Gasteiger partial charge is 0.266 e. The Kier molecular flexibility index (Phi) is 4.26. The summed E-state index contributed by atoms with van der Waals surface area (Å²) in [5, 5.41) is 0.0993. The molecule has 0 saturated carbocycles. The summed E-state index contributed by atoms with van der Waals surface area (Å²) in [5.74, 6) is -2.11. The molecule has 106 valence electrons. The third kappa shape index (κ3) is 3.08. The van der Waals surface area contributed by atoms with Crippen LogP contribution in [0, 0.1) is 11.6 Å². The molecule has 0 fully saturated rings. The van der Waals surface area contributed by atoms with Gasteiger partial charge in [0.25, 0.3) is 10.0 Å².